The minimum atomic E-state index is -0.0936. The summed E-state index contributed by atoms with van der Waals surface area (Å²) in [5.74, 6) is 0. The van der Waals surface area contributed by atoms with E-state index in [1.54, 1.807) is 11.3 Å². The van der Waals surface area contributed by atoms with Crippen LogP contribution in [0.25, 0.3) is 104 Å². The molecule has 3 aromatic heterocycles. The Kier molecular flexibility index (Phi) is 8.31. The maximum Gasteiger partial charge on any atom is 0.143 e. The number of hydrogen-bond donors (Lipinski definition) is 0. The lowest BCUT2D eigenvalue weighted by atomic mass is 9.76. The zero-order valence-electron chi connectivity index (χ0n) is 36.6. The molecule has 0 bridgehead atoms. The summed E-state index contributed by atoms with van der Waals surface area (Å²) in [6.45, 7) is 2.36. The molecular formula is C62H41N3OS. The molecule has 0 fully saturated rings. The summed E-state index contributed by atoms with van der Waals surface area (Å²) < 4.78 is 9.97. The zero-order valence-corrected chi connectivity index (χ0v) is 37.4. The smallest absolute Gasteiger partial charge is 0.143 e. The number of furan rings is 1. The Morgan fingerprint density at radius 3 is 1.88 bits per heavy atom. The van der Waals surface area contributed by atoms with Gasteiger partial charge in [-0.15, -0.1) is 11.3 Å². The van der Waals surface area contributed by atoms with Gasteiger partial charge in [0.1, 0.15) is 16.2 Å². The van der Waals surface area contributed by atoms with Crippen LogP contribution in [-0.4, -0.2) is 15.6 Å². The minimum absolute atomic E-state index is 0.0936. The summed E-state index contributed by atoms with van der Waals surface area (Å²) in [5, 5.41) is 5.77. The van der Waals surface area contributed by atoms with Crippen LogP contribution >= 0.6 is 11.3 Å². The van der Waals surface area contributed by atoms with E-state index in [1.165, 1.54) is 49.0 Å². The standard InChI is InChI=1S/C62H41N3OS/c1-62-38-11-10-23-57(62)65(55-21-8-5-18-52(55)62)44-34-28-39(29-35-44)45-36-37-47(41-30-32-43(33-31-41)64-53-19-6-2-13-48(53)49-14-3-7-20-54(49)64)60-58(45)63-61(67-60)42-26-24-40(25-27-42)46-16-12-17-51-50-15-4-9-22-56(50)66-59(46)51/h2-38,57H,1H3. The molecule has 0 saturated carbocycles. The molecule has 316 valence electrons. The number of aromatic nitrogens is 2. The highest BCUT2D eigenvalue weighted by atomic mass is 32.1. The molecule has 2 unspecified atom stereocenters. The predicted molar refractivity (Wildman–Crippen MR) is 281 cm³/mol. The summed E-state index contributed by atoms with van der Waals surface area (Å²) in [6, 6.07) is 72.7. The monoisotopic (exact) mass is 875 g/mol. The van der Waals surface area contributed by atoms with Gasteiger partial charge < -0.3 is 13.9 Å². The SMILES string of the molecule is CC12C=CC=CC1N(c1ccc(-c3ccc(-c4ccc(-n5c6ccccc6c6ccccc65)cc4)c4sc(-c5ccc(-c6cccc7c6oc6ccccc67)cc5)nc34)cc1)c1ccccc12. The van der Waals surface area contributed by atoms with Gasteiger partial charge in [-0.05, 0) is 77.7 Å². The van der Waals surface area contributed by atoms with Crippen molar-refractivity contribution in [3.63, 3.8) is 0 Å². The summed E-state index contributed by atoms with van der Waals surface area (Å²) in [7, 11) is 0. The highest BCUT2D eigenvalue weighted by Crippen LogP contribution is 2.52. The summed E-state index contributed by atoms with van der Waals surface area (Å²) in [6.07, 6.45) is 9.07. The molecule has 1 aliphatic heterocycles. The second-order valence-corrected chi connectivity index (χ2v) is 19.0. The Hall–Kier alpha value is -8.25. The van der Waals surface area contributed by atoms with Crippen LogP contribution in [0.15, 0.2) is 229 Å². The number of fused-ring (bicyclic) bond motifs is 10. The zero-order chi connectivity index (χ0) is 44.2. The fourth-order valence-electron chi connectivity index (χ4n) is 11.1. The van der Waals surface area contributed by atoms with Crippen molar-refractivity contribution in [1.29, 1.82) is 0 Å². The van der Waals surface area contributed by atoms with Crippen molar-refractivity contribution < 1.29 is 4.42 Å². The highest BCUT2D eigenvalue weighted by molar-refractivity contribution is 7.22. The number of nitrogens with zero attached hydrogens (tertiary/aromatic N) is 3. The average molecular weight is 876 g/mol. The Balaban J connectivity index is 0.876. The Bertz CT molecular complexity index is 3950. The van der Waals surface area contributed by atoms with E-state index in [0.29, 0.717) is 0 Å². The van der Waals surface area contributed by atoms with Crippen LogP contribution in [0.5, 0.6) is 0 Å². The first-order chi connectivity index (χ1) is 33.1. The number of allylic oxidation sites excluding steroid dienone is 2. The minimum Gasteiger partial charge on any atom is -0.455 e. The second kappa shape index (κ2) is 14.6. The largest absolute Gasteiger partial charge is 0.455 e. The summed E-state index contributed by atoms with van der Waals surface area (Å²) >= 11 is 1.76. The fourth-order valence-corrected chi connectivity index (χ4v) is 12.2. The van der Waals surface area contributed by atoms with E-state index < -0.39 is 0 Å². The molecule has 4 nitrogen and oxygen atoms in total. The van der Waals surface area contributed by atoms with Crippen molar-refractivity contribution in [1.82, 2.24) is 9.55 Å². The lowest BCUT2D eigenvalue weighted by Crippen LogP contribution is -2.39. The van der Waals surface area contributed by atoms with Crippen molar-refractivity contribution in [3.05, 3.63) is 230 Å². The molecule has 67 heavy (non-hydrogen) atoms. The van der Waals surface area contributed by atoms with Gasteiger partial charge in [-0.25, -0.2) is 4.98 Å². The molecule has 4 heterocycles. The number of para-hydroxylation sites is 5. The van der Waals surface area contributed by atoms with Crippen molar-refractivity contribution >= 4 is 76.7 Å². The quantitative estimate of drug-likeness (QED) is 0.167. The van der Waals surface area contributed by atoms with Gasteiger partial charge in [-0.3, -0.25) is 0 Å². The van der Waals surface area contributed by atoms with Crippen LogP contribution in [0, 0.1) is 0 Å². The van der Waals surface area contributed by atoms with Crippen molar-refractivity contribution in [2.45, 2.75) is 18.4 Å². The van der Waals surface area contributed by atoms with Crippen molar-refractivity contribution in [2.75, 3.05) is 4.90 Å². The number of benzene rings is 9. The molecule has 14 rings (SSSR count). The lowest BCUT2D eigenvalue weighted by molar-refractivity contribution is 0.551. The van der Waals surface area contributed by atoms with E-state index in [9.17, 15) is 0 Å². The lowest BCUT2D eigenvalue weighted by Gasteiger charge is -2.34. The van der Waals surface area contributed by atoms with Crippen molar-refractivity contribution in [2.24, 2.45) is 0 Å². The van der Waals surface area contributed by atoms with Gasteiger partial charge in [0.2, 0.25) is 0 Å². The first-order valence-electron chi connectivity index (χ1n) is 23.0. The van der Waals surface area contributed by atoms with E-state index in [1.807, 2.05) is 12.1 Å². The molecule has 0 radical (unpaired) electrons. The molecular weight excluding hydrogens is 835 g/mol. The molecule has 9 aromatic carbocycles. The molecule has 2 aliphatic rings. The molecule has 1 aliphatic carbocycles. The summed E-state index contributed by atoms with van der Waals surface area (Å²) in [5.41, 5.74) is 18.0. The number of rotatable bonds is 6. The van der Waals surface area contributed by atoms with Crippen LogP contribution in [0.3, 0.4) is 0 Å². The summed E-state index contributed by atoms with van der Waals surface area (Å²) in [4.78, 5) is 8.01. The predicted octanol–water partition coefficient (Wildman–Crippen LogP) is 16.9. The van der Waals surface area contributed by atoms with Gasteiger partial charge in [0, 0.05) is 66.3 Å². The van der Waals surface area contributed by atoms with Crippen LogP contribution in [0.2, 0.25) is 0 Å². The van der Waals surface area contributed by atoms with Gasteiger partial charge in [-0.2, -0.15) is 0 Å². The maximum atomic E-state index is 6.43. The Labute approximate surface area is 391 Å². The van der Waals surface area contributed by atoms with E-state index in [2.05, 4.69) is 229 Å². The van der Waals surface area contributed by atoms with Gasteiger partial charge >= 0.3 is 0 Å². The molecule has 0 saturated heterocycles. The topological polar surface area (TPSA) is 34.2 Å². The molecule has 12 aromatic rings. The van der Waals surface area contributed by atoms with Crippen molar-refractivity contribution in [3.8, 4) is 49.6 Å². The first kappa shape index (κ1) is 38.1. The van der Waals surface area contributed by atoms with E-state index in [-0.39, 0.29) is 11.5 Å². The Morgan fingerprint density at radius 1 is 0.507 bits per heavy atom. The Morgan fingerprint density at radius 2 is 1.10 bits per heavy atom. The highest BCUT2D eigenvalue weighted by Gasteiger charge is 2.46. The third-order valence-corrected chi connectivity index (χ3v) is 15.5. The fraction of sp³-hybridized carbons (Fsp3) is 0.0484. The van der Waals surface area contributed by atoms with Gasteiger partial charge in [0.05, 0.1) is 27.3 Å². The second-order valence-electron chi connectivity index (χ2n) is 18.0. The normalized spacial score (nSPS) is 16.5. The van der Waals surface area contributed by atoms with Crippen LogP contribution in [0.1, 0.15) is 12.5 Å². The van der Waals surface area contributed by atoms with Crippen LogP contribution < -0.4 is 4.90 Å². The molecule has 0 spiro atoms. The maximum absolute atomic E-state index is 6.43. The van der Waals surface area contributed by atoms with Gasteiger partial charge in [0.15, 0.2) is 0 Å². The third kappa shape index (κ3) is 5.75. The number of hydrogen-bond acceptors (Lipinski definition) is 4. The molecule has 0 amide bonds. The van der Waals surface area contributed by atoms with E-state index in [4.69, 9.17) is 9.40 Å². The van der Waals surface area contributed by atoms with Gasteiger partial charge in [-0.1, -0.05) is 176 Å². The number of thiazole rings is 1. The average Bonchev–Trinajstić information content (AvgIpc) is 4.15. The first-order valence-corrected chi connectivity index (χ1v) is 23.8. The third-order valence-electron chi connectivity index (χ3n) is 14.3. The number of anilines is 2. The van der Waals surface area contributed by atoms with Gasteiger partial charge in [0.25, 0.3) is 0 Å². The molecule has 5 heteroatoms. The van der Waals surface area contributed by atoms with Crippen LogP contribution in [0.4, 0.5) is 11.4 Å². The van der Waals surface area contributed by atoms with E-state index in [0.717, 1.165) is 71.5 Å². The molecule has 0 N–H and O–H groups in total. The molecule has 2 atom stereocenters. The van der Waals surface area contributed by atoms with Crippen LogP contribution in [-0.2, 0) is 5.41 Å². The van der Waals surface area contributed by atoms with E-state index >= 15 is 0 Å².